The van der Waals surface area contributed by atoms with E-state index in [1.807, 2.05) is 0 Å². The predicted molar refractivity (Wildman–Crippen MR) is 138 cm³/mol. The van der Waals surface area contributed by atoms with Gasteiger partial charge in [-0.05, 0) is 57.3 Å². The predicted octanol–water partition coefficient (Wildman–Crippen LogP) is 10.9. The Balaban J connectivity index is 0. The molecule has 0 bridgehead atoms. The van der Waals surface area contributed by atoms with Gasteiger partial charge >= 0.3 is 0 Å². The molecule has 1 saturated carbocycles. The van der Waals surface area contributed by atoms with Gasteiger partial charge in [-0.25, -0.2) is 0 Å². The van der Waals surface area contributed by atoms with Crippen molar-refractivity contribution in [2.75, 3.05) is 0 Å². The highest BCUT2D eigenvalue weighted by atomic mass is 14.3. The zero-order valence-corrected chi connectivity index (χ0v) is 21.8. The third kappa shape index (κ3) is 23.6. The molecule has 1 fully saturated rings. The molecular formula is C29H58. The lowest BCUT2D eigenvalue weighted by Gasteiger charge is -2.28. The zero-order chi connectivity index (χ0) is 22.5. The van der Waals surface area contributed by atoms with E-state index in [4.69, 9.17) is 0 Å². The van der Waals surface area contributed by atoms with E-state index in [-0.39, 0.29) is 0 Å². The average molecular weight is 407 g/mol. The summed E-state index contributed by atoms with van der Waals surface area (Å²) in [5, 5.41) is 0. The Hall–Kier alpha value is -0.520. The number of unbranched alkanes of at least 4 members (excludes halogenated alkanes) is 3. The highest BCUT2D eigenvalue weighted by Gasteiger charge is 2.19. The first kappa shape index (κ1) is 30.7. The second kappa shape index (κ2) is 22.2. The first-order chi connectivity index (χ1) is 13.8. The molecule has 0 nitrogen and oxygen atoms in total. The molecule has 0 radical (unpaired) electrons. The molecule has 1 aliphatic rings. The Morgan fingerprint density at radius 2 is 1.34 bits per heavy atom. The first-order valence-electron chi connectivity index (χ1n) is 13.1. The molecule has 0 aromatic carbocycles. The maximum absolute atomic E-state index is 3.85. The Morgan fingerprint density at radius 1 is 0.828 bits per heavy atom. The quantitative estimate of drug-likeness (QED) is 0.223. The summed E-state index contributed by atoms with van der Waals surface area (Å²) in [7, 11) is 0. The smallest absolute Gasteiger partial charge is 0.0326 e. The van der Waals surface area contributed by atoms with Crippen LogP contribution in [0.4, 0.5) is 0 Å². The van der Waals surface area contributed by atoms with E-state index in [0.717, 1.165) is 17.8 Å². The Bertz CT molecular complexity index is 348. The minimum Gasteiger partial charge on any atom is -0.100 e. The zero-order valence-electron chi connectivity index (χ0n) is 21.8. The van der Waals surface area contributed by atoms with Crippen LogP contribution in [0, 0.1) is 17.8 Å². The van der Waals surface area contributed by atoms with Crippen molar-refractivity contribution in [3.05, 3.63) is 24.3 Å². The highest BCUT2D eigenvalue weighted by Crippen LogP contribution is 2.32. The monoisotopic (exact) mass is 406 g/mol. The molecule has 0 saturated heterocycles. The fourth-order valence-corrected chi connectivity index (χ4v) is 3.90. The van der Waals surface area contributed by atoms with Crippen LogP contribution in [0.3, 0.4) is 0 Å². The number of hydrogen-bond acceptors (Lipinski definition) is 0. The average Bonchev–Trinajstić information content (AvgIpc) is 2.69. The fraction of sp³-hybridized carbons (Fsp3) is 0.862. The molecule has 0 amide bonds. The van der Waals surface area contributed by atoms with Crippen molar-refractivity contribution in [1.82, 2.24) is 0 Å². The maximum Gasteiger partial charge on any atom is -0.0326 e. The second-order valence-corrected chi connectivity index (χ2v) is 9.94. The summed E-state index contributed by atoms with van der Waals surface area (Å²) in [6, 6.07) is 0. The molecule has 1 rings (SSSR count). The van der Waals surface area contributed by atoms with Gasteiger partial charge < -0.3 is 0 Å². The van der Waals surface area contributed by atoms with E-state index in [9.17, 15) is 0 Å². The van der Waals surface area contributed by atoms with Crippen molar-refractivity contribution in [3.8, 4) is 0 Å². The van der Waals surface area contributed by atoms with Crippen LogP contribution in [-0.2, 0) is 0 Å². The van der Waals surface area contributed by atoms with Crippen LogP contribution in [0.2, 0.25) is 0 Å². The largest absolute Gasteiger partial charge is 0.100 e. The normalized spacial score (nSPS) is 19.3. The van der Waals surface area contributed by atoms with Gasteiger partial charge in [-0.15, -0.1) is 13.2 Å². The van der Waals surface area contributed by atoms with Crippen molar-refractivity contribution < 1.29 is 0 Å². The van der Waals surface area contributed by atoms with Gasteiger partial charge in [0.2, 0.25) is 0 Å². The molecular weight excluding hydrogens is 348 g/mol. The van der Waals surface area contributed by atoms with Crippen LogP contribution in [0.15, 0.2) is 24.3 Å². The van der Waals surface area contributed by atoms with Crippen LogP contribution in [0.1, 0.15) is 145 Å². The molecule has 0 heterocycles. The van der Waals surface area contributed by atoms with Crippen LogP contribution in [0.25, 0.3) is 0 Å². The van der Waals surface area contributed by atoms with Gasteiger partial charge in [-0.3, -0.25) is 0 Å². The molecule has 3 unspecified atom stereocenters. The third-order valence-corrected chi connectivity index (χ3v) is 6.42. The van der Waals surface area contributed by atoms with E-state index < -0.39 is 0 Å². The molecule has 29 heavy (non-hydrogen) atoms. The lowest BCUT2D eigenvalue weighted by atomic mass is 9.78. The van der Waals surface area contributed by atoms with Crippen LogP contribution < -0.4 is 0 Å². The fourth-order valence-electron chi connectivity index (χ4n) is 3.90. The van der Waals surface area contributed by atoms with Gasteiger partial charge in [0.15, 0.2) is 0 Å². The van der Waals surface area contributed by atoms with Gasteiger partial charge in [0.05, 0.1) is 0 Å². The van der Waals surface area contributed by atoms with E-state index in [1.54, 1.807) is 0 Å². The molecule has 0 aliphatic heterocycles. The third-order valence-electron chi connectivity index (χ3n) is 6.42. The maximum atomic E-state index is 3.85. The summed E-state index contributed by atoms with van der Waals surface area (Å²) >= 11 is 0. The summed E-state index contributed by atoms with van der Waals surface area (Å²) in [5.41, 5.74) is 2.59. The standard InChI is InChI=1S/C11H22.C10H18.C8H18/c1-3-4-8-11-9-6-5-7-10(11)2;1-9(2)7-5-6-8-10(3)4;1-4-6-7-8(3)5-2/h10-11H,3-9H2,1-2H3;1,3,5-8H2,2,4H3;8H,4-7H2,1-3H3. The Morgan fingerprint density at radius 3 is 1.76 bits per heavy atom. The molecule has 0 aromatic rings. The molecule has 3 atom stereocenters. The number of hydrogen-bond donors (Lipinski definition) is 0. The highest BCUT2D eigenvalue weighted by molar-refractivity contribution is 4.90. The molecule has 0 N–H and O–H groups in total. The van der Waals surface area contributed by atoms with Gasteiger partial charge in [-0.1, -0.05) is 116 Å². The lowest BCUT2D eigenvalue weighted by molar-refractivity contribution is 0.237. The van der Waals surface area contributed by atoms with Gasteiger partial charge in [0.1, 0.15) is 0 Å². The number of allylic oxidation sites excluding steroid dienone is 2. The summed E-state index contributed by atoms with van der Waals surface area (Å²) in [6.07, 6.45) is 20.7. The van der Waals surface area contributed by atoms with Crippen molar-refractivity contribution >= 4 is 0 Å². The van der Waals surface area contributed by atoms with Crippen molar-refractivity contribution in [2.24, 2.45) is 17.8 Å². The Labute approximate surface area is 187 Å². The molecule has 1 aliphatic carbocycles. The van der Waals surface area contributed by atoms with Crippen LogP contribution in [-0.4, -0.2) is 0 Å². The van der Waals surface area contributed by atoms with Crippen molar-refractivity contribution in [1.29, 1.82) is 0 Å². The van der Waals surface area contributed by atoms with E-state index in [1.165, 1.54) is 107 Å². The van der Waals surface area contributed by atoms with Crippen LogP contribution >= 0.6 is 0 Å². The van der Waals surface area contributed by atoms with E-state index in [0.29, 0.717) is 0 Å². The minimum absolute atomic E-state index is 0.954. The minimum atomic E-state index is 0.954. The van der Waals surface area contributed by atoms with Crippen molar-refractivity contribution in [3.63, 3.8) is 0 Å². The van der Waals surface area contributed by atoms with Gasteiger partial charge in [0, 0.05) is 0 Å². The molecule has 0 heteroatoms. The molecule has 174 valence electrons. The lowest BCUT2D eigenvalue weighted by Crippen LogP contribution is -2.16. The summed E-state index contributed by atoms with van der Waals surface area (Å²) in [4.78, 5) is 0. The second-order valence-electron chi connectivity index (χ2n) is 9.94. The number of rotatable bonds is 12. The first-order valence-corrected chi connectivity index (χ1v) is 13.1. The van der Waals surface area contributed by atoms with Crippen molar-refractivity contribution in [2.45, 2.75) is 145 Å². The molecule has 0 aromatic heterocycles. The summed E-state index contributed by atoms with van der Waals surface area (Å²) < 4.78 is 0. The SMILES string of the molecule is C=C(C)CCCCC(=C)C.CCCCC(C)CC.CCCCC1CCCCC1C. The molecule has 0 spiro atoms. The summed E-state index contributed by atoms with van der Waals surface area (Å²) in [5.74, 6) is 3.05. The van der Waals surface area contributed by atoms with E-state index in [2.05, 4.69) is 61.6 Å². The van der Waals surface area contributed by atoms with Gasteiger partial charge in [-0.2, -0.15) is 0 Å². The van der Waals surface area contributed by atoms with Crippen LogP contribution in [0.5, 0.6) is 0 Å². The van der Waals surface area contributed by atoms with E-state index >= 15 is 0 Å². The Kier molecular flexibility index (Phi) is 23.4. The topological polar surface area (TPSA) is 0 Å². The summed E-state index contributed by atoms with van der Waals surface area (Å²) in [6.45, 7) is 23.5. The van der Waals surface area contributed by atoms with Gasteiger partial charge in [0.25, 0.3) is 0 Å².